The quantitative estimate of drug-likeness (QED) is 0.836. The van der Waals surface area contributed by atoms with Crippen LogP contribution in [0.3, 0.4) is 0 Å². The van der Waals surface area contributed by atoms with E-state index in [2.05, 4.69) is 10.6 Å². The standard InChI is InChI=1S/C16H18FN3O3S/c1-20(2)24(22,23)15-5-3-4-14(10-15)19-16(21)11-18-13-8-6-12(17)7-9-13/h3-10,18H,11H2,1-2H3,(H,19,21). The molecule has 2 rings (SSSR count). The molecule has 6 nitrogen and oxygen atoms in total. The second kappa shape index (κ2) is 7.41. The normalized spacial score (nSPS) is 11.3. The molecule has 0 atom stereocenters. The van der Waals surface area contributed by atoms with E-state index in [1.807, 2.05) is 0 Å². The number of nitrogens with one attached hydrogen (secondary N) is 2. The third-order valence-electron chi connectivity index (χ3n) is 3.19. The van der Waals surface area contributed by atoms with Crippen LogP contribution in [0.15, 0.2) is 53.4 Å². The summed E-state index contributed by atoms with van der Waals surface area (Å²) in [6, 6.07) is 11.6. The topological polar surface area (TPSA) is 78.5 Å². The lowest BCUT2D eigenvalue weighted by atomic mass is 10.3. The van der Waals surface area contributed by atoms with Crippen LogP contribution in [0.5, 0.6) is 0 Å². The van der Waals surface area contributed by atoms with Crippen molar-refractivity contribution in [1.29, 1.82) is 0 Å². The molecule has 2 aromatic rings. The van der Waals surface area contributed by atoms with E-state index in [1.165, 1.54) is 50.5 Å². The minimum Gasteiger partial charge on any atom is -0.376 e. The Morgan fingerprint density at radius 3 is 2.38 bits per heavy atom. The van der Waals surface area contributed by atoms with E-state index in [-0.39, 0.29) is 23.2 Å². The van der Waals surface area contributed by atoms with E-state index in [0.717, 1.165) is 4.31 Å². The molecule has 0 spiro atoms. The van der Waals surface area contributed by atoms with Gasteiger partial charge in [0.2, 0.25) is 15.9 Å². The number of nitrogens with zero attached hydrogens (tertiary/aromatic N) is 1. The van der Waals surface area contributed by atoms with E-state index < -0.39 is 10.0 Å². The summed E-state index contributed by atoms with van der Waals surface area (Å²) in [4.78, 5) is 12.0. The molecule has 0 unspecified atom stereocenters. The third kappa shape index (κ3) is 4.53. The van der Waals surface area contributed by atoms with Crippen LogP contribution in [0.1, 0.15) is 0 Å². The molecule has 8 heteroatoms. The van der Waals surface area contributed by atoms with Crippen LogP contribution in [-0.4, -0.2) is 39.3 Å². The van der Waals surface area contributed by atoms with Gasteiger partial charge in [0.05, 0.1) is 11.4 Å². The van der Waals surface area contributed by atoms with Crippen molar-refractivity contribution in [3.05, 3.63) is 54.3 Å². The summed E-state index contributed by atoms with van der Waals surface area (Å²) in [5.74, 6) is -0.706. The van der Waals surface area contributed by atoms with Crippen molar-refractivity contribution in [2.45, 2.75) is 4.90 Å². The predicted octanol–water partition coefficient (Wildman–Crippen LogP) is 2.13. The number of carbonyl (C=O) groups is 1. The summed E-state index contributed by atoms with van der Waals surface area (Å²) in [5.41, 5.74) is 0.985. The van der Waals surface area contributed by atoms with E-state index in [4.69, 9.17) is 0 Å². The lowest BCUT2D eigenvalue weighted by Crippen LogP contribution is -2.23. The number of hydrogen-bond acceptors (Lipinski definition) is 4. The number of hydrogen-bond donors (Lipinski definition) is 2. The van der Waals surface area contributed by atoms with Gasteiger partial charge in [-0.25, -0.2) is 17.1 Å². The number of amides is 1. The van der Waals surface area contributed by atoms with Gasteiger partial charge < -0.3 is 10.6 Å². The molecule has 0 saturated heterocycles. The summed E-state index contributed by atoms with van der Waals surface area (Å²) in [6.07, 6.45) is 0. The molecule has 0 aliphatic heterocycles. The van der Waals surface area contributed by atoms with Crippen LogP contribution in [0.25, 0.3) is 0 Å². The second-order valence-electron chi connectivity index (χ2n) is 5.22. The molecule has 0 aliphatic rings. The third-order valence-corrected chi connectivity index (χ3v) is 5.00. The fourth-order valence-electron chi connectivity index (χ4n) is 1.90. The number of rotatable bonds is 6. The number of sulfonamides is 1. The molecule has 0 bridgehead atoms. The summed E-state index contributed by atoms with van der Waals surface area (Å²) >= 11 is 0. The zero-order valence-electron chi connectivity index (χ0n) is 13.3. The summed E-state index contributed by atoms with van der Waals surface area (Å²) in [6.45, 7) is -0.0315. The van der Waals surface area contributed by atoms with E-state index in [0.29, 0.717) is 11.4 Å². The SMILES string of the molecule is CN(C)S(=O)(=O)c1cccc(NC(=O)CNc2ccc(F)cc2)c1. The molecule has 0 aromatic heterocycles. The van der Waals surface area contributed by atoms with Gasteiger partial charge in [0, 0.05) is 25.5 Å². The van der Waals surface area contributed by atoms with Crippen LogP contribution in [0.4, 0.5) is 15.8 Å². The zero-order chi connectivity index (χ0) is 17.7. The average molecular weight is 351 g/mol. The van der Waals surface area contributed by atoms with Crippen LogP contribution in [-0.2, 0) is 14.8 Å². The van der Waals surface area contributed by atoms with Crippen molar-refractivity contribution in [3.8, 4) is 0 Å². The molecule has 0 aliphatic carbocycles. The van der Waals surface area contributed by atoms with E-state index in [9.17, 15) is 17.6 Å². The smallest absolute Gasteiger partial charge is 0.243 e. The summed E-state index contributed by atoms with van der Waals surface area (Å²) in [5, 5.41) is 5.47. The molecule has 128 valence electrons. The first-order chi connectivity index (χ1) is 11.3. The Morgan fingerprint density at radius 1 is 1.08 bits per heavy atom. The van der Waals surface area contributed by atoms with Gasteiger partial charge in [-0.05, 0) is 42.5 Å². The first-order valence-corrected chi connectivity index (χ1v) is 8.55. The fraction of sp³-hybridized carbons (Fsp3) is 0.188. The van der Waals surface area contributed by atoms with Crippen molar-refractivity contribution in [2.24, 2.45) is 0 Å². The van der Waals surface area contributed by atoms with Gasteiger partial charge in [0.1, 0.15) is 5.82 Å². The van der Waals surface area contributed by atoms with Gasteiger partial charge in [-0.3, -0.25) is 4.79 Å². The monoisotopic (exact) mass is 351 g/mol. The highest BCUT2D eigenvalue weighted by Gasteiger charge is 2.17. The minimum absolute atomic E-state index is 0.0315. The lowest BCUT2D eigenvalue weighted by Gasteiger charge is -2.13. The maximum atomic E-state index is 12.8. The van der Waals surface area contributed by atoms with Crippen molar-refractivity contribution < 1.29 is 17.6 Å². The summed E-state index contributed by atoms with van der Waals surface area (Å²) in [7, 11) is -0.688. The maximum Gasteiger partial charge on any atom is 0.243 e. The Labute approximate surface area is 140 Å². The Balaban J connectivity index is 2.00. The molecular formula is C16H18FN3O3S. The average Bonchev–Trinajstić information content (AvgIpc) is 2.54. The maximum absolute atomic E-state index is 12.8. The highest BCUT2D eigenvalue weighted by atomic mass is 32.2. The van der Waals surface area contributed by atoms with Crippen molar-refractivity contribution in [3.63, 3.8) is 0 Å². The van der Waals surface area contributed by atoms with E-state index in [1.54, 1.807) is 12.1 Å². The number of carbonyl (C=O) groups excluding carboxylic acids is 1. The Kier molecular flexibility index (Phi) is 5.53. The largest absolute Gasteiger partial charge is 0.376 e. The number of anilines is 2. The van der Waals surface area contributed by atoms with Gasteiger partial charge in [-0.2, -0.15) is 0 Å². The fourth-order valence-corrected chi connectivity index (χ4v) is 2.85. The van der Waals surface area contributed by atoms with Crippen molar-refractivity contribution in [2.75, 3.05) is 31.3 Å². The molecule has 0 fully saturated rings. The summed E-state index contributed by atoms with van der Waals surface area (Å²) < 4.78 is 38.1. The van der Waals surface area contributed by atoms with Gasteiger partial charge in [-0.15, -0.1) is 0 Å². The van der Waals surface area contributed by atoms with E-state index >= 15 is 0 Å². The molecule has 0 saturated carbocycles. The highest BCUT2D eigenvalue weighted by molar-refractivity contribution is 7.89. The zero-order valence-corrected chi connectivity index (χ0v) is 14.1. The van der Waals surface area contributed by atoms with Crippen LogP contribution >= 0.6 is 0 Å². The van der Waals surface area contributed by atoms with Gasteiger partial charge in [0.25, 0.3) is 0 Å². The Morgan fingerprint density at radius 2 is 1.75 bits per heavy atom. The molecule has 1 amide bonds. The molecule has 2 N–H and O–H groups in total. The van der Waals surface area contributed by atoms with Gasteiger partial charge >= 0.3 is 0 Å². The Bertz CT molecular complexity index is 821. The molecule has 2 aromatic carbocycles. The van der Waals surface area contributed by atoms with Gasteiger partial charge in [-0.1, -0.05) is 6.07 Å². The number of halogens is 1. The highest BCUT2D eigenvalue weighted by Crippen LogP contribution is 2.18. The second-order valence-corrected chi connectivity index (χ2v) is 7.38. The molecule has 0 radical (unpaired) electrons. The minimum atomic E-state index is -3.56. The van der Waals surface area contributed by atoms with Crippen LogP contribution < -0.4 is 10.6 Å². The number of benzene rings is 2. The van der Waals surface area contributed by atoms with Crippen LogP contribution in [0.2, 0.25) is 0 Å². The molecule has 0 heterocycles. The van der Waals surface area contributed by atoms with Gasteiger partial charge in [0.15, 0.2) is 0 Å². The first kappa shape index (κ1) is 17.9. The van der Waals surface area contributed by atoms with Crippen LogP contribution in [0, 0.1) is 5.82 Å². The van der Waals surface area contributed by atoms with Crippen molar-refractivity contribution in [1.82, 2.24) is 4.31 Å². The predicted molar refractivity (Wildman–Crippen MR) is 90.8 cm³/mol. The molecule has 24 heavy (non-hydrogen) atoms. The lowest BCUT2D eigenvalue weighted by molar-refractivity contribution is -0.114. The van der Waals surface area contributed by atoms with Crippen molar-refractivity contribution >= 4 is 27.3 Å². The Hall–Kier alpha value is -2.45. The molecular weight excluding hydrogens is 333 g/mol. The first-order valence-electron chi connectivity index (χ1n) is 7.11.